The Kier molecular flexibility index (Phi) is 7.63. The summed E-state index contributed by atoms with van der Waals surface area (Å²) in [5.41, 5.74) is 2.72. The number of nitrogens with zero attached hydrogens (tertiary/aromatic N) is 2. The van der Waals surface area contributed by atoms with Gasteiger partial charge in [-0.25, -0.2) is 0 Å². The van der Waals surface area contributed by atoms with E-state index >= 15 is 0 Å². The van der Waals surface area contributed by atoms with Crippen molar-refractivity contribution in [3.63, 3.8) is 0 Å². The molecular formula is C24H33N3O. The van der Waals surface area contributed by atoms with E-state index in [4.69, 9.17) is 0 Å². The highest BCUT2D eigenvalue weighted by Crippen LogP contribution is 2.26. The molecule has 1 N–H and O–H groups in total. The van der Waals surface area contributed by atoms with Gasteiger partial charge in [0.2, 0.25) is 5.91 Å². The van der Waals surface area contributed by atoms with Crippen LogP contribution in [0.3, 0.4) is 0 Å². The van der Waals surface area contributed by atoms with E-state index in [1.165, 1.54) is 11.1 Å². The molecule has 2 aromatic carbocycles. The largest absolute Gasteiger partial charge is 0.352 e. The van der Waals surface area contributed by atoms with Gasteiger partial charge < -0.3 is 10.2 Å². The molecule has 1 aliphatic carbocycles. The number of hydrogen-bond acceptors (Lipinski definition) is 3. The van der Waals surface area contributed by atoms with Crippen molar-refractivity contribution in [1.29, 1.82) is 0 Å². The van der Waals surface area contributed by atoms with Gasteiger partial charge in [-0.15, -0.1) is 0 Å². The second-order valence-electron chi connectivity index (χ2n) is 8.19. The summed E-state index contributed by atoms with van der Waals surface area (Å²) in [5, 5.41) is 3.21. The van der Waals surface area contributed by atoms with Gasteiger partial charge in [-0.05, 0) is 50.9 Å². The summed E-state index contributed by atoms with van der Waals surface area (Å²) in [6.07, 6.45) is 4.38. The first kappa shape index (κ1) is 20.6. The van der Waals surface area contributed by atoms with Crippen LogP contribution in [0, 0.1) is 0 Å². The first-order chi connectivity index (χ1) is 13.6. The van der Waals surface area contributed by atoms with Gasteiger partial charge in [-0.3, -0.25) is 9.69 Å². The predicted octanol–water partition coefficient (Wildman–Crippen LogP) is 3.68. The maximum Gasteiger partial charge on any atom is 0.234 e. The summed E-state index contributed by atoms with van der Waals surface area (Å²) in [6, 6.07) is 22.4. The van der Waals surface area contributed by atoms with Gasteiger partial charge in [0.15, 0.2) is 0 Å². The molecule has 0 aromatic heterocycles. The zero-order valence-corrected chi connectivity index (χ0v) is 17.2. The Morgan fingerprint density at radius 3 is 1.82 bits per heavy atom. The van der Waals surface area contributed by atoms with E-state index in [1.807, 2.05) is 19.0 Å². The maximum absolute atomic E-state index is 12.1. The second-order valence-corrected chi connectivity index (χ2v) is 8.19. The van der Waals surface area contributed by atoms with Crippen LogP contribution < -0.4 is 5.32 Å². The first-order valence-corrected chi connectivity index (χ1v) is 10.4. The predicted molar refractivity (Wildman–Crippen MR) is 115 cm³/mol. The SMILES string of the molecule is CN(C)CC(=O)N[C@H]1CC[C@H](N(Cc2ccccc2)Cc2ccccc2)CC1. The molecule has 0 heterocycles. The van der Waals surface area contributed by atoms with Crippen molar-refractivity contribution in [2.75, 3.05) is 20.6 Å². The summed E-state index contributed by atoms with van der Waals surface area (Å²) in [7, 11) is 3.86. The van der Waals surface area contributed by atoms with Gasteiger partial charge in [-0.1, -0.05) is 60.7 Å². The zero-order chi connectivity index (χ0) is 19.8. The zero-order valence-electron chi connectivity index (χ0n) is 17.2. The molecule has 0 spiro atoms. The molecule has 1 fully saturated rings. The van der Waals surface area contributed by atoms with Crippen LogP contribution in [0.15, 0.2) is 60.7 Å². The molecule has 0 radical (unpaired) electrons. The summed E-state index contributed by atoms with van der Waals surface area (Å²) in [6.45, 7) is 2.41. The number of nitrogens with one attached hydrogen (secondary N) is 1. The lowest BCUT2D eigenvalue weighted by atomic mass is 9.89. The number of carbonyl (C=O) groups excluding carboxylic acids is 1. The Labute approximate surface area is 169 Å². The van der Waals surface area contributed by atoms with E-state index in [9.17, 15) is 4.79 Å². The topological polar surface area (TPSA) is 35.6 Å². The van der Waals surface area contributed by atoms with E-state index in [0.717, 1.165) is 38.8 Å². The first-order valence-electron chi connectivity index (χ1n) is 10.4. The molecule has 4 heteroatoms. The molecule has 1 aliphatic rings. The minimum Gasteiger partial charge on any atom is -0.352 e. The van der Waals surface area contributed by atoms with Gasteiger partial charge in [0, 0.05) is 25.2 Å². The number of amides is 1. The van der Waals surface area contributed by atoms with E-state index in [2.05, 4.69) is 70.9 Å². The Bertz CT molecular complexity index is 668. The second kappa shape index (κ2) is 10.4. The molecular weight excluding hydrogens is 346 g/mol. The highest BCUT2D eigenvalue weighted by molar-refractivity contribution is 5.78. The lowest BCUT2D eigenvalue weighted by Crippen LogP contribution is -2.45. The van der Waals surface area contributed by atoms with Gasteiger partial charge in [0.05, 0.1) is 6.54 Å². The third-order valence-corrected chi connectivity index (χ3v) is 5.50. The van der Waals surface area contributed by atoms with Gasteiger partial charge in [-0.2, -0.15) is 0 Å². The van der Waals surface area contributed by atoms with Crippen LogP contribution in [0.4, 0.5) is 0 Å². The molecule has 1 amide bonds. The van der Waals surface area contributed by atoms with Crippen LogP contribution in [0.1, 0.15) is 36.8 Å². The number of benzene rings is 2. The van der Waals surface area contributed by atoms with E-state index in [1.54, 1.807) is 0 Å². The quantitative estimate of drug-likeness (QED) is 0.760. The lowest BCUT2D eigenvalue weighted by Gasteiger charge is -2.37. The molecule has 0 unspecified atom stereocenters. The van der Waals surface area contributed by atoms with Crippen LogP contribution >= 0.6 is 0 Å². The van der Waals surface area contributed by atoms with Crippen LogP contribution in [0.25, 0.3) is 0 Å². The molecule has 0 saturated heterocycles. The minimum absolute atomic E-state index is 0.138. The van der Waals surface area contributed by atoms with Crippen molar-refractivity contribution >= 4 is 5.91 Å². The molecule has 0 atom stereocenters. The van der Waals surface area contributed by atoms with Crippen molar-refractivity contribution in [1.82, 2.24) is 15.1 Å². The minimum atomic E-state index is 0.138. The number of likely N-dealkylation sites (N-methyl/N-ethyl adjacent to an activating group) is 1. The third kappa shape index (κ3) is 6.47. The van der Waals surface area contributed by atoms with Gasteiger partial charge >= 0.3 is 0 Å². The highest BCUT2D eigenvalue weighted by Gasteiger charge is 2.27. The number of hydrogen-bond donors (Lipinski definition) is 1. The third-order valence-electron chi connectivity index (χ3n) is 5.50. The Hall–Kier alpha value is -2.17. The van der Waals surface area contributed by atoms with Crippen molar-refractivity contribution in [3.05, 3.63) is 71.8 Å². The average molecular weight is 380 g/mol. The fourth-order valence-corrected chi connectivity index (χ4v) is 4.10. The number of rotatable bonds is 8. The molecule has 150 valence electrons. The molecule has 2 aromatic rings. The number of carbonyl (C=O) groups is 1. The summed E-state index contributed by atoms with van der Waals surface area (Å²) in [4.78, 5) is 16.6. The molecule has 4 nitrogen and oxygen atoms in total. The average Bonchev–Trinajstić information content (AvgIpc) is 2.69. The van der Waals surface area contributed by atoms with Crippen molar-refractivity contribution < 1.29 is 4.79 Å². The normalized spacial score (nSPS) is 19.7. The van der Waals surface area contributed by atoms with E-state index in [-0.39, 0.29) is 5.91 Å². The van der Waals surface area contributed by atoms with Crippen LogP contribution in [-0.4, -0.2) is 48.4 Å². The summed E-state index contributed by atoms with van der Waals surface area (Å²) < 4.78 is 0. The van der Waals surface area contributed by atoms with Crippen molar-refractivity contribution in [2.45, 2.75) is 50.9 Å². The van der Waals surface area contributed by atoms with E-state index in [0.29, 0.717) is 18.6 Å². The summed E-state index contributed by atoms with van der Waals surface area (Å²) in [5.74, 6) is 0.138. The summed E-state index contributed by atoms with van der Waals surface area (Å²) >= 11 is 0. The fraction of sp³-hybridized carbons (Fsp3) is 0.458. The van der Waals surface area contributed by atoms with Crippen molar-refractivity contribution in [3.8, 4) is 0 Å². The molecule has 0 bridgehead atoms. The van der Waals surface area contributed by atoms with Crippen LogP contribution in [-0.2, 0) is 17.9 Å². The monoisotopic (exact) mass is 379 g/mol. The molecule has 1 saturated carbocycles. The highest BCUT2D eigenvalue weighted by atomic mass is 16.2. The van der Waals surface area contributed by atoms with Crippen molar-refractivity contribution in [2.24, 2.45) is 0 Å². The van der Waals surface area contributed by atoms with Crippen LogP contribution in [0.5, 0.6) is 0 Å². The smallest absolute Gasteiger partial charge is 0.234 e. The Morgan fingerprint density at radius 1 is 0.857 bits per heavy atom. The standard InChI is InChI=1S/C24H33N3O/c1-26(2)19-24(28)25-22-13-15-23(16-14-22)27(17-20-9-5-3-6-10-20)18-21-11-7-4-8-12-21/h3-12,22-23H,13-19H2,1-2H3,(H,25,28)/t22-,23-. The lowest BCUT2D eigenvalue weighted by molar-refractivity contribution is -0.122. The Balaban J connectivity index is 1.60. The van der Waals surface area contributed by atoms with E-state index < -0.39 is 0 Å². The van der Waals surface area contributed by atoms with Crippen LogP contribution in [0.2, 0.25) is 0 Å². The molecule has 28 heavy (non-hydrogen) atoms. The maximum atomic E-state index is 12.1. The fourth-order valence-electron chi connectivity index (χ4n) is 4.10. The molecule has 0 aliphatic heterocycles. The molecule has 3 rings (SSSR count). The Morgan fingerprint density at radius 2 is 1.36 bits per heavy atom. The van der Waals surface area contributed by atoms with Gasteiger partial charge in [0.1, 0.15) is 0 Å². The van der Waals surface area contributed by atoms with Gasteiger partial charge in [0.25, 0.3) is 0 Å².